The molecule has 0 aromatic carbocycles. The van der Waals surface area contributed by atoms with Crippen molar-refractivity contribution >= 4 is 17.9 Å². The average Bonchev–Trinajstić information content (AvgIpc) is 2.89. The Balaban J connectivity index is 1.97. The summed E-state index contributed by atoms with van der Waals surface area (Å²) >= 11 is 0. The topological polar surface area (TPSA) is 103 Å². The smallest absolute Gasteiger partial charge is 0.335 e. The van der Waals surface area contributed by atoms with Gasteiger partial charge < -0.3 is 20.1 Å². The number of hydrogen-bond donors (Lipinski definition) is 1. The first-order valence-electron chi connectivity index (χ1n) is 6.02. The Labute approximate surface area is 110 Å². The van der Waals surface area contributed by atoms with Crippen molar-refractivity contribution in [1.29, 1.82) is 0 Å². The Bertz CT molecular complexity index is 460. The van der Waals surface area contributed by atoms with Gasteiger partial charge >= 0.3 is 5.97 Å². The maximum Gasteiger partial charge on any atom is 0.335 e. The number of ether oxygens (including phenoxy) is 2. The summed E-state index contributed by atoms with van der Waals surface area (Å²) in [5.74, 6) is 0.461. The molecular weight excluding hydrogens is 250 g/mol. The van der Waals surface area contributed by atoms with Crippen molar-refractivity contribution in [3.8, 4) is 0 Å². The molecule has 104 valence electrons. The number of nitrogens with two attached hydrogens (primary N) is 1. The molecule has 1 aliphatic rings. The minimum Gasteiger partial charge on any atom is -0.456 e. The zero-order chi connectivity index (χ0) is 13.8. The van der Waals surface area contributed by atoms with Crippen LogP contribution in [-0.4, -0.2) is 47.7 Å². The predicted molar refractivity (Wildman–Crippen MR) is 67.3 cm³/mol. The summed E-state index contributed by atoms with van der Waals surface area (Å²) in [6.07, 6.45) is 1.11. The summed E-state index contributed by atoms with van der Waals surface area (Å²) in [6.45, 7) is 0.565. The minimum absolute atomic E-state index is 0.0355. The lowest BCUT2D eigenvalue weighted by Crippen LogP contribution is -2.23. The summed E-state index contributed by atoms with van der Waals surface area (Å²) in [5, 5.41) is 0. The SMILES string of the molecule is CN(C)c1nc(N)nc(COC(=O)[C@H]2CCCO2)n1. The number of nitrogen functional groups attached to an aromatic ring is 1. The van der Waals surface area contributed by atoms with Crippen LogP contribution in [0, 0.1) is 0 Å². The largest absolute Gasteiger partial charge is 0.456 e. The lowest BCUT2D eigenvalue weighted by molar-refractivity contribution is -0.155. The van der Waals surface area contributed by atoms with E-state index in [1.165, 1.54) is 0 Å². The van der Waals surface area contributed by atoms with E-state index in [1.54, 1.807) is 19.0 Å². The van der Waals surface area contributed by atoms with Gasteiger partial charge in [0, 0.05) is 20.7 Å². The fourth-order valence-corrected chi connectivity index (χ4v) is 1.68. The molecule has 0 unspecified atom stereocenters. The van der Waals surface area contributed by atoms with E-state index < -0.39 is 6.10 Å². The first kappa shape index (κ1) is 13.5. The Morgan fingerprint density at radius 3 is 2.89 bits per heavy atom. The van der Waals surface area contributed by atoms with Gasteiger partial charge in [-0.15, -0.1) is 0 Å². The van der Waals surface area contributed by atoms with Crippen molar-refractivity contribution in [2.45, 2.75) is 25.6 Å². The van der Waals surface area contributed by atoms with Gasteiger partial charge in [0.25, 0.3) is 0 Å². The molecule has 0 aliphatic carbocycles. The number of nitrogens with zero attached hydrogens (tertiary/aromatic N) is 4. The zero-order valence-electron chi connectivity index (χ0n) is 11.0. The van der Waals surface area contributed by atoms with Crippen molar-refractivity contribution < 1.29 is 14.3 Å². The molecule has 8 nitrogen and oxygen atoms in total. The van der Waals surface area contributed by atoms with Gasteiger partial charge in [-0.2, -0.15) is 15.0 Å². The average molecular weight is 267 g/mol. The molecule has 1 fully saturated rings. The minimum atomic E-state index is -0.465. The zero-order valence-corrected chi connectivity index (χ0v) is 11.0. The Morgan fingerprint density at radius 2 is 2.26 bits per heavy atom. The molecule has 1 aromatic rings. The maximum atomic E-state index is 11.7. The number of hydrogen-bond acceptors (Lipinski definition) is 8. The third-order valence-corrected chi connectivity index (χ3v) is 2.62. The molecule has 2 rings (SSSR count). The molecule has 0 amide bonds. The van der Waals surface area contributed by atoms with Crippen molar-refractivity contribution in [2.24, 2.45) is 0 Å². The van der Waals surface area contributed by atoms with Crippen LogP contribution in [0.5, 0.6) is 0 Å². The monoisotopic (exact) mass is 267 g/mol. The van der Waals surface area contributed by atoms with Gasteiger partial charge in [0.2, 0.25) is 11.9 Å². The van der Waals surface area contributed by atoms with Crippen LogP contribution in [0.1, 0.15) is 18.7 Å². The highest BCUT2D eigenvalue weighted by atomic mass is 16.6. The molecule has 2 N–H and O–H groups in total. The summed E-state index contributed by atoms with van der Waals surface area (Å²) in [6, 6.07) is 0. The van der Waals surface area contributed by atoms with Crippen LogP contribution in [0.2, 0.25) is 0 Å². The van der Waals surface area contributed by atoms with Crippen LogP contribution < -0.4 is 10.6 Å². The molecule has 0 radical (unpaired) electrons. The van der Waals surface area contributed by atoms with Gasteiger partial charge in [0.05, 0.1) is 0 Å². The number of anilines is 2. The number of carbonyl (C=O) groups is 1. The summed E-state index contributed by atoms with van der Waals surface area (Å²) in [7, 11) is 3.58. The van der Waals surface area contributed by atoms with E-state index >= 15 is 0 Å². The van der Waals surface area contributed by atoms with Gasteiger partial charge in [-0.05, 0) is 12.8 Å². The molecule has 0 bridgehead atoms. The second-order valence-electron chi connectivity index (χ2n) is 4.41. The third kappa shape index (κ3) is 3.50. The first-order valence-corrected chi connectivity index (χ1v) is 6.02. The fraction of sp³-hybridized carbons (Fsp3) is 0.636. The number of rotatable bonds is 4. The molecule has 0 saturated carbocycles. The normalized spacial score (nSPS) is 18.3. The van der Waals surface area contributed by atoms with E-state index in [0.29, 0.717) is 24.8 Å². The van der Waals surface area contributed by atoms with E-state index in [1.807, 2.05) is 0 Å². The number of esters is 1. The highest BCUT2D eigenvalue weighted by molar-refractivity contribution is 5.74. The summed E-state index contributed by atoms with van der Waals surface area (Å²) < 4.78 is 10.3. The second-order valence-corrected chi connectivity index (χ2v) is 4.41. The Morgan fingerprint density at radius 1 is 1.47 bits per heavy atom. The molecule has 1 aliphatic heterocycles. The molecule has 1 saturated heterocycles. The lowest BCUT2D eigenvalue weighted by atomic mass is 10.2. The van der Waals surface area contributed by atoms with Gasteiger partial charge in [-0.25, -0.2) is 4.79 Å². The van der Waals surface area contributed by atoms with E-state index in [9.17, 15) is 4.79 Å². The lowest BCUT2D eigenvalue weighted by Gasteiger charge is -2.12. The molecule has 2 heterocycles. The maximum absolute atomic E-state index is 11.7. The predicted octanol–water partition coefficient (Wildman–Crippen LogP) is -0.258. The van der Waals surface area contributed by atoms with E-state index in [-0.39, 0.29) is 18.5 Å². The van der Waals surface area contributed by atoms with Crippen LogP contribution in [-0.2, 0) is 20.9 Å². The molecular formula is C11H17N5O3. The third-order valence-electron chi connectivity index (χ3n) is 2.62. The van der Waals surface area contributed by atoms with E-state index in [2.05, 4.69) is 15.0 Å². The summed E-state index contributed by atoms with van der Waals surface area (Å²) in [5.41, 5.74) is 5.57. The van der Waals surface area contributed by atoms with Crippen LogP contribution in [0.25, 0.3) is 0 Å². The van der Waals surface area contributed by atoms with Crippen LogP contribution in [0.15, 0.2) is 0 Å². The number of aromatic nitrogens is 3. The summed E-state index contributed by atoms with van der Waals surface area (Å²) in [4.78, 5) is 25.4. The highest BCUT2D eigenvalue weighted by Crippen LogP contribution is 2.14. The van der Waals surface area contributed by atoms with Crippen molar-refractivity contribution in [3.05, 3.63) is 5.82 Å². The molecule has 1 atom stereocenters. The number of carbonyl (C=O) groups excluding carboxylic acids is 1. The highest BCUT2D eigenvalue weighted by Gasteiger charge is 2.25. The van der Waals surface area contributed by atoms with Gasteiger partial charge in [-0.1, -0.05) is 0 Å². The van der Waals surface area contributed by atoms with E-state index in [4.69, 9.17) is 15.2 Å². The molecule has 8 heteroatoms. The Hall–Kier alpha value is -1.96. The molecule has 0 spiro atoms. The standard InChI is InChI=1S/C11H17N5O3/c1-16(2)11-14-8(13-10(12)15-11)6-19-9(17)7-4-3-5-18-7/h7H,3-6H2,1-2H3,(H2,12,13,14,15)/t7-/m1/s1. The van der Waals surface area contributed by atoms with Crippen molar-refractivity contribution in [1.82, 2.24) is 15.0 Å². The fourth-order valence-electron chi connectivity index (χ4n) is 1.68. The quantitative estimate of drug-likeness (QED) is 0.744. The van der Waals surface area contributed by atoms with Crippen LogP contribution in [0.3, 0.4) is 0 Å². The second kappa shape index (κ2) is 5.79. The van der Waals surface area contributed by atoms with E-state index in [0.717, 1.165) is 6.42 Å². The van der Waals surface area contributed by atoms with Crippen molar-refractivity contribution in [3.63, 3.8) is 0 Å². The van der Waals surface area contributed by atoms with Crippen LogP contribution >= 0.6 is 0 Å². The first-order chi connectivity index (χ1) is 9.06. The van der Waals surface area contributed by atoms with Crippen LogP contribution in [0.4, 0.5) is 11.9 Å². The molecule has 1 aromatic heterocycles. The van der Waals surface area contributed by atoms with Gasteiger partial charge in [0.15, 0.2) is 18.5 Å². The van der Waals surface area contributed by atoms with Gasteiger partial charge in [0.1, 0.15) is 0 Å². The van der Waals surface area contributed by atoms with Gasteiger partial charge in [-0.3, -0.25) is 0 Å². The molecule has 19 heavy (non-hydrogen) atoms. The van der Waals surface area contributed by atoms with Crippen molar-refractivity contribution in [2.75, 3.05) is 31.3 Å². The Kier molecular flexibility index (Phi) is 4.10.